The molecule has 194 valence electrons. The summed E-state index contributed by atoms with van der Waals surface area (Å²) in [4.78, 5) is 0. The third-order valence-electron chi connectivity index (χ3n) is 11.8. The molecule has 9 atom stereocenters. The minimum Gasteiger partial charge on any atom is -0.390 e. The Morgan fingerprint density at radius 3 is 2.60 bits per heavy atom. The quantitative estimate of drug-likeness (QED) is 0.494. The summed E-state index contributed by atoms with van der Waals surface area (Å²) in [6.07, 6.45) is 23.1. The molecule has 4 saturated carbocycles. The average molecular weight is 481 g/mol. The van der Waals surface area contributed by atoms with Gasteiger partial charge in [-0.15, -0.1) is 6.42 Å². The van der Waals surface area contributed by atoms with Gasteiger partial charge in [0.1, 0.15) is 0 Å². The molecule has 2 N–H and O–H groups in total. The summed E-state index contributed by atoms with van der Waals surface area (Å²) in [5.74, 6) is 5.84. The van der Waals surface area contributed by atoms with Gasteiger partial charge in [-0.05, 0) is 112 Å². The number of terminal acetylenes is 1. The van der Waals surface area contributed by atoms with E-state index in [1.807, 2.05) is 17.8 Å². The minimum atomic E-state index is -0.805. The van der Waals surface area contributed by atoms with Gasteiger partial charge in [0.2, 0.25) is 0 Å². The van der Waals surface area contributed by atoms with Crippen LogP contribution in [0.5, 0.6) is 0 Å². The fourth-order valence-electron chi connectivity index (χ4n) is 10.2. The van der Waals surface area contributed by atoms with Crippen LogP contribution in [0.25, 0.3) is 0 Å². The van der Waals surface area contributed by atoms with Gasteiger partial charge in [0, 0.05) is 6.20 Å². The van der Waals surface area contributed by atoms with Gasteiger partial charge in [-0.1, -0.05) is 39.5 Å². The smallest absolute Gasteiger partial charge is 0.0848 e. The third kappa shape index (κ3) is 4.19. The summed E-state index contributed by atoms with van der Waals surface area (Å²) in [6, 6.07) is 0. The number of rotatable bonds is 5. The first-order chi connectivity index (χ1) is 16.5. The molecule has 0 aromatic carbocycles. The normalized spacial score (nSPS) is 44.9. The number of hydrogen-bond acceptors (Lipinski definition) is 3. The fourth-order valence-corrected chi connectivity index (χ4v) is 10.2. The predicted molar refractivity (Wildman–Crippen MR) is 140 cm³/mol. The van der Waals surface area contributed by atoms with E-state index in [2.05, 4.69) is 31.8 Å². The highest BCUT2D eigenvalue weighted by Crippen LogP contribution is 2.68. The van der Waals surface area contributed by atoms with Gasteiger partial charge in [-0.3, -0.25) is 4.68 Å². The Kier molecular flexibility index (Phi) is 6.45. The molecule has 4 heteroatoms. The highest BCUT2D eigenvalue weighted by molar-refractivity contribution is 5.26. The largest absolute Gasteiger partial charge is 0.390 e. The van der Waals surface area contributed by atoms with Gasteiger partial charge >= 0.3 is 0 Å². The van der Waals surface area contributed by atoms with Gasteiger partial charge < -0.3 is 10.2 Å². The molecule has 35 heavy (non-hydrogen) atoms. The predicted octanol–water partition coefficient (Wildman–Crippen LogP) is 6.20. The molecule has 4 nitrogen and oxygen atoms in total. The van der Waals surface area contributed by atoms with Crippen LogP contribution in [0, 0.1) is 52.8 Å². The second-order valence-corrected chi connectivity index (χ2v) is 13.8. The lowest BCUT2D eigenvalue weighted by atomic mass is 9.40. The van der Waals surface area contributed by atoms with Crippen molar-refractivity contribution in [2.75, 3.05) is 0 Å². The van der Waals surface area contributed by atoms with E-state index < -0.39 is 11.2 Å². The summed E-state index contributed by atoms with van der Waals surface area (Å²) < 4.78 is 1.85. The van der Waals surface area contributed by atoms with Crippen molar-refractivity contribution in [2.24, 2.45) is 40.4 Å². The number of nitrogens with zero attached hydrogens (tertiary/aromatic N) is 2. The minimum absolute atomic E-state index is 0.172. The van der Waals surface area contributed by atoms with E-state index in [0.717, 1.165) is 49.5 Å². The number of hydrogen-bond donors (Lipinski definition) is 2. The van der Waals surface area contributed by atoms with E-state index in [1.165, 1.54) is 44.9 Å². The number of aliphatic hydroxyl groups is 2. The molecule has 4 aliphatic rings. The zero-order valence-electron chi connectivity index (χ0n) is 22.6. The summed E-state index contributed by atoms with van der Waals surface area (Å²) in [7, 11) is 0. The van der Waals surface area contributed by atoms with E-state index in [1.54, 1.807) is 6.20 Å². The lowest BCUT2D eigenvalue weighted by Gasteiger charge is -2.65. The molecule has 0 amide bonds. The van der Waals surface area contributed by atoms with Gasteiger partial charge in [0.15, 0.2) is 0 Å². The molecule has 0 radical (unpaired) electrons. The Balaban J connectivity index is 1.36. The van der Waals surface area contributed by atoms with E-state index in [0.29, 0.717) is 23.8 Å². The second-order valence-electron chi connectivity index (χ2n) is 13.8. The molecule has 0 aliphatic heterocycles. The van der Waals surface area contributed by atoms with E-state index in [9.17, 15) is 10.2 Å². The maximum Gasteiger partial charge on any atom is 0.0848 e. The van der Waals surface area contributed by atoms with Crippen molar-refractivity contribution in [3.05, 3.63) is 18.0 Å². The maximum atomic E-state index is 11.9. The van der Waals surface area contributed by atoms with Crippen LogP contribution >= 0.6 is 0 Å². The van der Waals surface area contributed by atoms with E-state index >= 15 is 0 Å². The molecule has 1 heterocycles. The maximum absolute atomic E-state index is 11.9. The first kappa shape index (κ1) is 25.3. The summed E-state index contributed by atoms with van der Waals surface area (Å²) in [6.45, 7) is 9.85. The fraction of sp³-hybridized carbons (Fsp3) is 0.839. The van der Waals surface area contributed by atoms with Crippen molar-refractivity contribution in [3.8, 4) is 12.3 Å². The van der Waals surface area contributed by atoms with Crippen LogP contribution in [0.15, 0.2) is 12.4 Å². The molecule has 0 spiro atoms. The van der Waals surface area contributed by atoms with Gasteiger partial charge in [-0.25, -0.2) is 0 Å². The Labute approximate surface area is 213 Å². The SMILES string of the molecule is C#Cc1cnn(C[C@@](C)(O)[C@H]2CCC[C@H]3[C@@H]4CC[C@@H]5C[C@@](O)(CCC)CC[C@]5(C)[C@H]4CC[C@@]32C)c1. The van der Waals surface area contributed by atoms with Crippen LogP contribution in [0.4, 0.5) is 0 Å². The van der Waals surface area contributed by atoms with E-state index in [4.69, 9.17) is 6.42 Å². The molecule has 1 aromatic heterocycles. The Morgan fingerprint density at radius 2 is 1.89 bits per heavy atom. The van der Waals surface area contributed by atoms with Gasteiger partial charge in [0.25, 0.3) is 0 Å². The van der Waals surface area contributed by atoms with Gasteiger partial charge in [0.05, 0.1) is 29.5 Å². The van der Waals surface area contributed by atoms with Crippen molar-refractivity contribution in [3.63, 3.8) is 0 Å². The molecule has 0 bridgehead atoms. The zero-order chi connectivity index (χ0) is 25.1. The Morgan fingerprint density at radius 1 is 1.11 bits per heavy atom. The molecular weight excluding hydrogens is 432 g/mol. The van der Waals surface area contributed by atoms with Crippen LogP contribution in [0.3, 0.4) is 0 Å². The summed E-state index contributed by atoms with van der Waals surface area (Å²) >= 11 is 0. The van der Waals surface area contributed by atoms with Gasteiger partial charge in [-0.2, -0.15) is 5.10 Å². The molecule has 1 aromatic rings. The number of aromatic nitrogens is 2. The standard InChI is InChI=1S/C31H48N2O2/c1-6-14-31(35)17-16-28(3)23(18-31)11-12-24-25-9-8-10-27(29(25,4)15-13-26(24)28)30(5,34)21-33-20-22(7-2)19-32-33/h2,19-20,23-27,34-35H,6,8-18,21H2,1,3-5H3/t23-,24+,25+,26+,27+,28+,29+,30-,31-/m1/s1. The monoisotopic (exact) mass is 480 g/mol. The molecule has 0 saturated heterocycles. The lowest BCUT2D eigenvalue weighted by molar-refractivity contribution is -0.192. The molecular formula is C31H48N2O2. The highest BCUT2D eigenvalue weighted by Gasteiger charge is 2.61. The first-order valence-electron chi connectivity index (χ1n) is 14.5. The van der Waals surface area contributed by atoms with Crippen LogP contribution < -0.4 is 0 Å². The van der Waals surface area contributed by atoms with Crippen molar-refractivity contribution in [1.82, 2.24) is 9.78 Å². The van der Waals surface area contributed by atoms with Crippen LogP contribution in [0.2, 0.25) is 0 Å². The third-order valence-corrected chi connectivity index (χ3v) is 11.8. The van der Waals surface area contributed by atoms with E-state index in [-0.39, 0.29) is 11.3 Å². The topological polar surface area (TPSA) is 58.3 Å². The van der Waals surface area contributed by atoms with Crippen LogP contribution in [-0.4, -0.2) is 31.2 Å². The highest BCUT2D eigenvalue weighted by atomic mass is 16.3. The molecule has 5 rings (SSSR count). The zero-order valence-corrected chi connectivity index (χ0v) is 22.6. The number of fused-ring (bicyclic) bond motifs is 5. The van der Waals surface area contributed by atoms with Crippen molar-refractivity contribution in [1.29, 1.82) is 0 Å². The first-order valence-corrected chi connectivity index (χ1v) is 14.5. The van der Waals surface area contributed by atoms with Crippen molar-refractivity contribution < 1.29 is 10.2 Å². The lowest BCUT2D eigenvalue weighted by Crippen LogP contribution is -2.60. The molecule has 4 aliphatic carbocycles. The second kappa shape index (κ2) is 8.91. The Hall–Kier alpha value is -1.31. The van der Waals surface area contributed by atoms with Crippen LogP contribution in [-0.2, 0) is 6.54 Å². The summed E-state index contributed by atoms with van der Waals surface area (Å²) in [5, 5.41) is 27.6. The van der Waals surface area contributed by atoms with Crippen LogP contribution in [0.1, 0.15) is 110 Å². The summed E-state index contributed by atoms with van der Waals surface area (Å²) in [5.41, 5.74) is 0.0971. The van der Waals surface area contributed by atoms with Crippen molar-refractivity contribution >= 4 is 0 Å². The molecule has 4 fully saturated rings. The van der Waals surface area contributed by atoms with Crippen molar-refractivity contribution in [2.45, 2.75) is 122 Å². The Bertz CT molecular complexity index is 961. The molecule has 0 unspecified atom stereocenters. The average Bonchev–Trinajstić information content (AvgIpc) is 3.25.